The second-order valence-corrected chi connectivity index (χ2v) is 5.85. The van der Waals surface area contributed by atoms with Crippen molar-refractivity contribution < 1.29 is 19.4 Å². The predicted molar refractivity (Wildman–Crippen MR) is 73.5 cm³/mol. The zero-order chi connectivity index (χ0) is 14.6. The van der Waals surface area contributed by atoms with E-state index in [2.05, 4.69) is 5.32 Å². The number of rotatable bonds is 4. The maximum atomic E-state index is 12.1. The molecule has 1 unspecified atom stereocenters. The van der Waals surface area contributed by atoms with E-state index in [1.165, 1.54) is 0 Å². The Morgan fingerprint density at radius 1 is 1.40 bits per heavy atom. The van der Waals surface area contributed by atoms with Gasteiger partial charge in [-0.15, -0.1) is 0 Å². The minimum Gasteiger partial charge on any atom is -0.481 e. The number of nitrogens with one attached hydrogen (secondary N) is 1. The van der Waals surface area contributed by atoms with E-state index in [1.807, 2.05) is 6.92 Å². The van der Waals surface area contributed by atoms with E-state index in [4.69, 9.17) is 4.74 Å². The molecule has 0 radical (unpaired) electrons. The number of urea groups is 1. The summed E-state index contributed by atoms with van der Waals surface area (Å²) in [5.41, 5.74) is -0.754. The summed E-state index contributed by atoms with van der Waals surface area (Å²) in [4.78, 5) is 25.1. The van der Waals surface area contributed by atoms with Gasteiger partial charge in [-0.1, -0.05) is 6.92 Å². The maximum absolute atomic E-state index is 12.1. The van der Waals surface area contributed by atoms with Crippen molar-refractivity contribution in [2.45, 2.75) is 32.6 Å². The highest BCUT2D eigenvalue weighted by molar-refractivity contribution is 5.79. The van der Waals surface area contributed by atoms with Gasteiger partial charge in [0.25, 0.3) is 0 Å². The Morgan fingerprint density at radius 3 is 2.65 bits per heavy atom. The van der Waals surface area contributed by atoms with Crippen LogP contribution in [0.4, 0.5) is 4.79 Å². The van der Waals surface area contributed by atoms with Gasteiger partial charge in [-0.2, -0.15) is 0 Å². The van der Waals surface area contributed by atoms with Gasteiger partial charge in [0.05, 0.1) is 5.41 Å². The van der Waals surface area contributed by atoms with Crippen molar-refractivity contribution >= 4 is 12.0 Å². The largest absolute Gasteiger partial charge is 0.481 e. The highest BCUT2D eigenvalue weighted by Gasteiger charge is 2.44. The molecule has 20 heavy (non-hydrogen) atoms. The van der Waals surface area contributed by atoms with Crippen LogP contribution in [0.25, 0.3) is 0 Å². The number of aliphatic carboxylic acids is 1. The van der Waals surface area contributed by atoms with Crippen LogP contribution in [0.15, 0.2) is 0 Å². The quantitative estimate of drug-likeness (QED) is 0.816. The molecule has 2 fully saturated rings. The number of carboxylic acids is 1. The third-order valence-corrected chi connectivity index (χ3v) is 4.65. The Labute approximate surface area is 119 Å². The van der Waals surface area contributed by atoms with Gasteiger partial charge >= 0.3 is 12.0 Å². The number of carbonyl (C=O) groups is 2. The van der Waals surface area contributed by atoms with Crippen molar-refractivity contribution in [1.82, 2.24) is 10.2 Å². The lowest BCUT2D eigenvalue weighted by Crippen LogP contribution is -2.43. The number of carboxylic acid groups (broad SMARTS) is 1. The Morgan fingerprint density at radius 2 is 2.10 bits per heavy atom. The molecule has 0 aromatic rings. The second kappa shape index (κ2) is 6.43. The van der Waals surface area contributed by atoms with Crippen molar-refractivity contribution in [2.24, 2.45) is 11.3 Å². The van der Waals surface area contributed by atoms with Gasteiger partial charge in [-0.05, 0) is 31.6 Å². The Hall–Kier alpha value is -1.30. The first-order valence-corrected chi connectivity index (χ1v) is 7.41. The Balaban J connectivity index is 1.80. The molecule has 2 aliphatic rings. The van der Waals surface area contributed by atoms with Crippen LogP contribution >= 0.6 is 0 Å². The van der Waals surface area contributed by atoms with Crippen LogP contribution in [0, 0.1) is 11.3 Å². The topological polar surface area (TPSA) is 78.9 Å². The molecule has 0 bridgehead atoms. The summed E-state index contributed by atoms with van der Waals surface area (Å²) in [5.74, 6) is -0.314. The molecule has 2 amide bonds. The lowest BCUT2D eigenvalue weighted by molar-refractivity contribution is -0.148. The molecule has 2 saturated heterocycles. The second-order valence-electron chi connectivity index (χ2n) is 5.85. The van der Waals surface area contributed by atoms with E-state index in [9.17, 15) is 14.7 Å². The van der Waals surface area contributed by atoms with Crippen LogP contribution in [0.3, 0.4) is 0 Å². The Bertz CT molecular complexity index is 368. The molecule has 2 aliphatic heterocycles. The molecule has 114 valence electrons. The van der Waals surface area contributed by atoms with Gasteiger partial charge in [-0.3, -0.25) is 4.79 Å². The minimum absolute atomic E-state index is 0.131. The van der Waals surface area contributed by atoms with Gasteiger partial charge in [0.2, 0.25) is 0 Å². The van der Waals surface area contributed by atoms with E-state index in [0.29, 0.717) is 38.4 Å². The number of ether oxygens (including phenoxy) is 1. The average molecular weight is 284 g/mol. The summed E-state index contributed by atoms with van der Waals surface area (Å²) in [6, 6.07) is -0.131. The van der Waals surface area contributed by atoms with Crippen molar-refractivity contribution in [3.8, 4) is 0 Å². The number of hydrogen-bond acceptors (Lipinski definition) is 3. The van der Waals surface area contributed by atoms with Crippen LogP contribution in [0.2, 0.25) is 0 Å². The zero-order valence-corrected chi connectivity index (χ0v) is 12.1. The van der Waals surface area contributed by atoms with Crippen molar-refractivity contribution in [3.05, 3.63) is 0 Å². The van der Waals surface area contributed by atoms with E-state index < -0.39 is 11.4 Å². The molecule has 0 aromatic carbocycles. The molecule has 0 spiro atoms. The molecule has 2 rings (SSSR count). The monoisotopic (exact) mass is 284 g/mol. The van der Waals surface area contributed by atoms with Crippen molar-refractivity contribution in [2.75, 3.05) is 32.8 Å². The predicted octanol–water partition coefficient (Wildman–Crippen LogP) is 1.31. The molecule has 6 nitrogen and oxygen atoms in total. The molecule has 0 saturated carbocycles. The van der Waals surface area contributed by atoms with Crippen LogP contribution in [0.5, 0.6) is 0 Å². The highest BCUT2D eigenvalue weighted by Crippen LogP contribution is 2.34. The highest BCUT2D eigenvalue weighted by atomic mass is 16.5. The lowest BCUT2D eigenvalue weighted by atomic mass is 9.84. The Kier molecular flexibility index (Phi) is 4.86. The van der Waals surface area contributed by atoms with E-state index in [-0.39, 0.29) is 6.03 Å². The number of nitrogens with zero attached hydrogens (tertiary/aromatic N) is 1. The van der Waals surface area contributed by atoms with Gasteiger partial charge in [0.15, 0.2) is 0 Å². The van der Waals surface area contributed by atoms with E-state index in [0.717, 1.165) is 26.1 Å². The van der Waals surface area contributed by atoms with Crippen LogP contribution < -0.4 is 5.32 Å². The molecule has 1 atom stereocenters. The van der Waals surface area contributed by atoms with Gasteiger partial charge < -0.3 is 20.1 Å². The fourth-order valence-electron chi connectivity index (χ4n) is 2.95. The molecule has 0 aromatic heterocycles. The number of hydrogen-bond donors (Lipinski definition) is 2. The lowest BCUT2D eigenvalue weighted by Gasteiger charge is -2.25. The SMILES string of the molecule is CCC1(C(=O)O)CCN(C(=O)NCC2CCOCC2)C1. The zero-order valence-electron chi connectivity index (χ0n) is 12.1. The van der Waals surface area contributed by atoms with Crippen LogP contribution in [-0.4, -0.2) is 54.9 Å². The van der Waals surface area contributed by atoms with Crippen LogP contribution in [0.1, 0.15) is 32.6 Å². The smallest absolute Gasteiger partial charge is 0.317 e. The van der Waals surface area contributed by atoms with Crippen molar-refractivity contribution in [3.63, 3.8) is 0 Å². The summed E-state index contributed by atoms with van der Waals surface area (Å²) in [7, 11) is 0. The first kappa shape index (κ1) is 15.1. The average Bonchev–Trinajstić information content (AvgIpc) is 2.92. The molecule has 0 aliphatic carbocycles. The first-order valence-electron chi connectivity index (χ1n) is 7.41. The standard InChI is InChI=1S/C14H24N2O4/c1-2-14(12(17)18)5-6-16(10-14)13(19)15-9-11-3-7-20-8-4-11/h11H,2-10H2,1H3,(H,15,19)(H,17,18). The number of amides is 2. The normalized spacial score (nSPS) is 27.6. The minimum atomic E-state index is -0.792. The number of likely N-dealkylation sites (tertiary alicyclic amines) is 1. The summed E-state index contributed by atoms with van der Waals surface area (Å²) in [6.45, 7) is 4.91. The summed E-state index contributed by atoms with van der Waals surface area (Å²) in [6.07, 6.45) is 3.07. The maximum Gasteiger partial charge on any atom is 0.317 e. The van der Waals surface area contributed by atoms with Gasteiger partial charge in [0, 0.05) is 32.8 Å². The number of carbonyl (C=O) groups excluding carboxylic acids is 1. The van der Waals surface area contributed by atoms with Gasteiger partial charge in [-0.25, -0.2) is 4.79 Å². The third kappa shape index (κ3) is 3.23. The fraction of sp³-hybridized carbons (Fsp3) is 0.857. The summed E-state index contributed by atoms with van der Waals surface area (Å²) in [5, 5.41) is 12.3. The summed E-state index contributed by atoms with van der Waals surface area (Å²) < 4.78 is 5.29. The van der Waals surface area contributed by atoms with E-state index in [1.54, 1.807) is 4.90 Å². The van der Waals surface area contributed by atoms with Crippen molar-refractivity contribution in [1.29, 1.82) is 0 Å². The molecule has 6 heteroatoms. The molecule has 2 heterocycles. The molecular formula is C14H24N2O4. The summed E-state index contributed by atoms with van der Waals surface area (Å²) >= 11 is 0. The van der Waals surface area contributed by atoms with Gasteiger partial charge in [0.1, 0.15) is 0 Å². The molecule has 2 N–H and O–H groups in total. The first-order chi connectivity index (χ1) is 9.57. The molecular weight excluding hydrogens is 260 g/mol. The third-order valence-electron chi connectivity index (χ3n) is 4.65. The van der Waals surface area contributed by atoms with Crippen LogP contribution in [-0.2, 0) is 9.53 Å². The fourth-order valence-corrected chi connectivity index (χ4v) is 2.95. The van der Waals surface area contributed by atoms with E-state index >= 15 is 0 Å².